The summed E-state index contributed by atoms with van der Waals surface area (Å²) in [5.41, 5.74) is -0.896. The third kappa shape index (κ3) is 1.78. The van der Waals surface area contributed by atoms with E-state index in [2.05, 4.69) is 0 Å². The Kier molecular flexibility index (Phi) is 2.86. The molecule has 1 aliphatic heterocycles. The highest BCUT2D eigenvalue weighted by Crippen LogP contribution is 2.63. The van der Waals surface area contributed by atoms with Crippen LogP contribution in [-0.2, 0) is 9.84 Å². The second kappa shape index (κ2) is 4.37. The Morgan fingerprint density at radius 1 is 1.29 bits per heavy atom. The van der Waals surface area contributed by atoms with Gasteiger partial charge in [0.1, 0.15) is 5.25 Å². The predicted molar refractivity (Wildman–Crippen MR) is 72.2 cm³/mol. The average Bonchev–Trinajstić information content (AvgIpc) is 2.98. The zero-order chi connectivity index (χ0) is 15.3. The van der Waals surface area contributed by atoms with Crippen LogP contribution in [0.3, 0.4) is 0 Å². The molecule has 2 atom stereocenters. The molecule has 0 radical (unpaired) electrons. The Morgan fingerprint density at radius 3 is 2.57 bits per heavy atom. The van der Waals surface area contributed by atoms with Crippen molar-refractivity contribution in [3.63, 3.8) is 0 Å². The molecule has 0 N–H and O–H groups in total. The fraction of sp³-hybridized carbons (Fsp3) is 0.429. The van der Waals surface area contributed by atoms with Crippen molar-refractivity contribution >= 4 is 9.84 Å². The highest BCUT2D eigenvalue weighted by atomic mass is 32.2. The Labute approximate surface area is 122 Å². The third-order valence-corrected chi connectivity index (χ3v) is 6.27. The zero-order valence-electron chi connectivity index (χ0n) is 11.2. The number of nitrogens with zero attached hydrogens (tertiary/aromatic N) is 2. The van der Waals surface area contributed by atoms with E-state index in [0.717, 1.165) is 0 Å². The molecule has 1 aliphatic carbocycles. The molecule has 1 heterocycles. The van der Waals surface area contributed by atoms with Gasteiger partial charge in [0.05, 0.1) is 12.1 Å². The minimum Gasteiger partial charge on any atom is -0.454 e. The molecular formula is C14H12N2O4S. The molecule has 1 aromatic rings. The van der Waals surface area contributed by atoms with Crippen molar-refractivity contribution in [3.05, 3.63) is 23.8 Å². The number of benzene rings is 1. The Hall–Kier alpha value is -2.25. The molecule has 7 heteroatoms. The van der Waals surface area contributed by atoms with Crippen molar-refractivity contribution in [2.75, 3.05) is 12.5 Å². The van der Waals surface area contributed by atoms with Crippen LogP contribution in [0.5, 0.6) is 11.5 Å². The second-order valence-electron chi connectivity index (χ2n) is 5.06. The molecule has 2 aliphatic rings. The van der Waals surface area contributed by atoms with Gasteiger partial charge in [0.2, 0.25) is 6.79 Å². The number of sulfone groups is 1. The van der Waals surface area contributed by atoms with Gasteiger partial charge in [-0.1, -0.05) is 13.0 Å². The highest BCUT2D eigenvalue weighted by Gasteiger charge is 2.72. The topological polar surface area (TPSA) is 100 Å². The van der Waals surface area contributed by atoms with E-state index in [1.165, 1.54) is 6.92 Å². The molecule has 1 aromatic carbocycles. The SMILES string of the molecule is CCS(=O)(=O)[C@H]1[C@@H](c2ccc3c(c2)OCO3)C1(C#N)C#N. The number of rotatable bonds is 3. The first kappa shape index (κ1) is 13.7. The molecule has 21 heavy (non-hydrogen) atoms. The molecular weight excluding hydrogens is 292 g/mol. The lowest BCUT2D eigenvalue weighted by Gasteiger charge is -2.02. The molecule has 6 nitrogen and oxygen atoms in total. The van der Waals surface area contributed by atoms with Crippen LogP contribution in [0, 0.1) is 28.1 Å². The fourth-order valence-electron chi connectivity index (χ4n) is 2.86. The summed E-state index contributed by atoms with van der Waals surface area (Å²) in [5, 5.41) is 17.7. The number of hydrogen-bond donors (Lipinski definition) is 0. The van der Waals surface area contributed by atoms with E-state index in [4.69, 9.17) is 9.47 Å². The second-order valence-corrected chi connectivity index (χ2v) is 7.47. The van der Waals surface area contributed by atoms with Gasteiger partial charge in [-0.3, -0.25) is 0 Å². The lowest BCUT2D eigenvalue weighted by molar-refractivity contribution is 0.174. The van der Waals surface area contributed by atoms with Crippen LogP contribution in [0.1, 0.15) is 18.4 Å². The van der Waals surface area contributed by atoms with Crippen LogP contribution < -0.4 is 9.47 Å². The van der Waals surface area contributed by atoms with E-state index in [1.54, 1.807) is 18.2 Å². The molecule has 0 unspecified atom stereocenters. The molecule has 108 valence electrons. The van der Waals surface area contributed by atoms with Gasteiger partial charge in [0, 0.05) is 11.7 Å². The molecule has 0 bridgehead atoms. The first-order chi connectivity index (χ1) is 10.00. The standard InChI is InChI=1S/C14H12N2O4S/c1-2-21(17,18)13-12(14(13,6-15)7-16)9-3-4-10-11(5-9)20-8-19-10/h3-5,12-13H,2,8H2,1H3/t12-,13+/m1/s1. The van der Waals surface area contributed by atoms with Crippen molar-refractivity contribution < 1.29 is 17.9 Å². The average molecular weight is 304 g/mol. The maximum atomic E-state index is 12.2. The van der Waals surface area contributed by atoms with Crippen molar-refractivity contribution in [3.8, 4) is 23.6 Å². The Morgan fingerprint density at radius 2 is 1.95 bits per heavy atom. The monoisotopic (exact) mass is 304 g/mol. The van der Waals surface area contributed by atoms with E-state index in [-0.39, 0.29) is 12.5 Å². The van der Waals surface area contributed by atoms with Crippen molar-refractivity contribution in [1.82, 2.24) is 0 Å². The van der Waals surface area contributed by atoms with Crippen molar-refractivity contribution in [2.24, 2.45) is 5.41 Å². The minimum atomic E-state index is -3.49. The maximum Gasteiger partial charge on any atom is 0.231 e. The van der Waals surface area contributed by atoms with Crippen LogP contribution in [0.4, 0.5) is 0 Å². The summed E-state index contributed by atoms with van der Waals surface area (Å²) in [5.74, 6) is 0.349. The number of ether oxygens (including phenoxy) is 2. The van der Waals surface area contributed by atoms with Crippen LogP contribution in [0.15, 0.2) is 18.2 Å². The summed E-state index contributed by atoms with van der Waals surface area (Å²) in [6.45, 7) is 1.63. The minimum absolute atomic E-state index is 0.0934. The first-order valence-corrected chi connectivity index (χ1v) is 8.15. The fourth-order valence-corrected chi connectivity index (χ4v) is 4.75. The summed E-state index contributed by atoms with van der Waals surface area (Å²) in [7, 11) is -3.49. The number of hydrogen-bond acceptors (Lipinski definition) is 6. The summed E-state index contributed by atoms with van der Waals surface area (Å²) < 4.78 is 34.8. The molecule has 0 spiro atoms. The van der Waals surface area contributed by atoms with Gasteiger partial charge in [-0.2, -0.15) is 10.5 Å². The molecule has 1 saturated carbocycles. The van der Waals surface area contributed by atoms with E-state index < -0.39 is 26.4 Å². The van der Waals surface area contributed by atoms with E-state index in [0.29, 0.717) is 17.1 Å². The van der Waals surface area contributed by atoms with Crippen molar-refractivity contribution in [2.45, 2.75) is 18.1 Å². The largest absolute Gasteiger partial charge is 0.454 e. The third-order valence-electron chi connectivity index (χ3n) is 4.05. The molecule has 0 saturated heterocycles. The van der Waals surface area contributed by atoms with Crippen LogP contribution in [0.25, 0.3) is 0 Å². The van der Waals surface area contributed by atoms with Crippen LogP contribution >= 0.6 is 0 Å². The van der Waals surface area contributed by atoms with Crippen molar-refractivity contribution in [1.29, 1.82) is 10.5 Å². The van der Waals surface area contributed by atoms with Crippen LogP contribution in [0.2, 0.25) is 0 Å². The Bertz CT molecular complexity index is 774. The summed E-state index contributed by atoms with van der Waals surface area (Å²) in [4.78, 5) is 0. The molecule has 0 aromatic heterocycles. The summed E-state index contributed by atoms with van der Waals surface area (Å²) in [6, 6.07) is 8.81. The quantitative estimate of drug-likeness (QED) is 0.835. The van der Waals surface area contributed by atoms with Crippen LogP contribution in [-0.4, -0.2) is 26.2 Å². The van der Waals surface area contributed by atoms with Gasteiger partial charge < -0.3 is 9.47 Å². The zero-order valence-corrected chi connectivity index (χ0v) is 12.1. The van der Waals surface area contributed by atoms with E-state index in [9.17, 15) is 18.9 Å². The summed E-state index contributed by atoms with van der Waals surface area (Å²) >= 11 is 0. The maximum absolute atomic E-state index is 12.2. The normalized spacial score (nSPS) is 24.9. The summed E-state index contributed by atoms with van der Waals surface area (Å²) in [6.07, 6.45) is 0. The predicted octanol–water partition coefficient (Wildman–Crippen LogP) is 1.35. The first-order valence-electron chi connectivity index (χ1n) is 6.44. The molecule has 3 rings (SSSR count). The lowest BCUT2D eigenvalue weighted by atomic mass is 10.0. The molecule has 1 fully saturated rings. The van der Waals surface area contributed by atoms with E-state index >= 15 is 0 Å². The number of fused-ring (bicyclic) bond motifs is 1. The van der Waals surface area contributed by atoms with Gasteiger partial charge in [-0.15, -0.1) is 0 Å². The molecule has 0 amide bonds. The lowest BCUT2D eigenvalue weighted by Crippen LogP contribution is -2.15. The highest BCUT2D eigenvalue weighted by molar-refractivity contribution is 7.92. The number of nitriles is 2. The van der Waals surface area contributed by atoms with Gasteiger partial charge in [0.25, 0.3) is 0 Å². The van der Waals surface area contributed by atoms with Gasteiger partial charge in [-0.05, 0) is 17.7 Å². The Balaban J connectivity index is 2.06. The van der Waals surface area contributed by atoms with Gasteiger partial charge >= 0.3 is 0 Å². The smallest absolute Gasteiger partial charge is 0.231 e. The van der Waals surface area contributed by atoms with E-state index in [1.807, 2.05) is 12.1 Å². The van der Waals surface area contributed by atoms with Gasteiger partial charge in [0.15, 0.2) is 26.8 Å². The van der Waals surface area contributed by atoms with Gasteiger partial charge in [-0.25, -0.2) is 8.42 Å².